The summed E-state index contributed by atoms with van der Waals surface area (Å²) in [6.45, 7) is 2.54. The van der Waals surface area contributed by atoms with E-state index in [2.05, 4.69) is 5.32 Å². The van der Waals surface area contributed by atoms with Gasteiger partial charge in [0.2, 0.25) is 5.91 Å². The Morgan fingerprint density at radius 1 is 1.69 bits per heavy atom. The lowest BCUT2D eigenvalue weighted by atomic mass is 9.82. The Kier molecular flexibility index (Phi) is 3.69. The average molecular weight is 186 g/mol. The lowest BCUT2D eigenvalue weighted by molar-refractivity contribution is -0.123. The molecule has 76 valence electrons. The molecule has 0 spiro atoms. The maximum Gasteiger partial charge on any atom is 0.236 e. The molecule has 1 rings (SSSR count). The molecule has 0 bridgehead atoms. The highest BCUT2D eigenvalue weighted by Crippen LogP contribution is 2.25. The zero-order valence-electron chi connectivity index (χ0n) is 7.99. The molecule has 4 nitrogen and oxygen atoms in total. The molecule has 0 aliphatic heterocycles. The van der Waals surface area contributed by atoms with Gasteiger partial charge in [-0.25, -0.2) is 0 Å². The fraction of sp³-hybridized carbons (Fsp3) is 0.889. The predicted molar refractivity (Wildman–Crippen MR) is 50.0 cm³/mol. The monoisotopic (exact) mass is 186 g/mol. The molecule has 1 fully saturated rings. The second kappa shape index (κ2) is 4.58. The van der Waals surface area contributed by atoms with Crippen LogP contribution >= 0.6 is 0 Å². The lowest BCUT2D eigenvalue weighted by Crippen LogP contribution is -2.44. The van der Waals surface area contributed by atoms with Crippen LogP contribution in [0.25, 0.3) is 0 Å². The standard InChI is InChI=1S/C9H18N2O2/c1-2-8(10)9(13)11-5-6-3-7(12)4-6/h6-8,12H,2-5,10H2,1H3,(H,11,13)/t6?,7?,8-/m1/s1. The molecular weight excluding hydrogens is 168 g/mol. The van der Waals surface area contributed by atoms with Gasteiger partial charge in [-0.1, -0.05) is 6.92 Å². The number of hydrogen-bond donors (Lipinski definition) is 3. The molecule has 1 atom stereocenters. The van der Waals surface area contributed by atoms with Crippen LogP contribution in [-0.2, 0) is 4.79 Å². The molecule has 1 aliphatic rings. The molecular formula is C9H18N2O2. The molecule has 4 heteroatoms. The van der Waals surface area contributed by atoms with Gasteiger partial charge in [-0.3, -0.25) is 4.79 Å². The first-order chi connectivity index (χ1) is 6.13. The van der Waals surface area contributed by atoms with E-state index in [1.54, 1.807) is 0 Å². The van der Waals surface area contributed by atoms with Crippen molar-refractivity contribution < 1.29 is 9.90 Å². The number of amides is 1. The molecule has 13 heavy (non-hydrogen) atoms. The Morgan fingerprint density at radius 3 is 2.77 bits per heavy atom. The first-order valence-corrected chi connectivity index (χ1v) is 4.84. The van der Waals surface area contributed by atoms with E-state index in [0.717, 1.165) is 12.8 Å². The van der Waals surface area contributed by atoms with Crippen molar-refractivity contribution in [3.05, 3.63) is 0 Å². The van der Waals surface area contributed by atoms with E-state index >= 15 is 0 Å². The van der Waals surface area contributed by atoms with Gasteiger partial charge < -0.3 is 16.2 Å². The first-order valence-electron chi connectivity index (χ1n) is 4.84. The van der Waals surface area contributed by atoms with Gasteiger partial charge in [0.15, 0.2) is 0 Å². The average Bonchev–Trinajstić information content (AvgIpc) is 2.08. The molecule has 0 unspecified atom stereocenters. The summed E-state index contributed by atoms with van der Waals surface area (Å²) in [5.41, 5.74) is 5.53. The van der Waals surface area contributed by atoms with E-state index in [-0.39, 0.29) is 18.1 Å². The molecule has 0 heterocycles. The second-order valence-electron chi connectivity index (χ2n) is 3.75. The molecule has 1 amide bonds. The van der Waals surface area contributed by atoms with E-state index in [1.165, 1.54) is 0 Å². The Labute approximate surface area is 78.5 Å². The number of carbonyl (C=O) groups excluding carboxylic acids is 1. The number of aliphatic hydroxyl groups is 1. The van der Waals surface area contributed by atoms with Crippen LogP contribution < -0.4 is 11.1 Å². The maximum atomic E-state index is 11.2. The van der Waals surface area contributed by atoms with Crippen molar-refractivity contribution in [1.29, 1.82) is 0 Å². The summed E-state index contributed by atoms with van der Waals surface area (Å²) in [6, 6.07) is -0.384. The largest absolute Gasteiger partial charge is 0.393 e. The van der Waals surface area contributed by atoms with Crippen LogP contribution in [0.15, 0.2) is 0 Å². The van der Waals surface area contributed by atoms with Crippen LogP contribution in [0.2, 0.25) is 0 Å². The van der Waals surface area contributed by atoms with Gasteiger partial charge >= 0.3 is 0 Å². The highest BCUT2D eigenvalue weighted by molar-refractivity contribution is 5.81. The summed E-state index contributed by atoms with van der Waals surface area (Å²) < 4.78 is 0. The zero-order valence-corrected chi connectivity index (χ0v) is 7.99. The normalized spacial score (nSPS) is 29.2. The third-order valence-corrected chi connectivity index (χ3v) is 2.55. The van der Waals surface area contributed by atoms with Gasteiger partial charge in [0, 0.05) is 6.54 Å². The van der Waals surface area contributed by atoms with Gasteiger partial charge in [-0.05, 0) is 25.2 Å². The molecule has 0 aromatic rings. The number of hydrogen-bond acceptors (Lipinski definition) is 3. The quantitative estimate of drug-likeness (QED) is 0.559. The lowest BCUT2D eigenvalue weighted by Gasteiger charge is -2.31. The Balaban J connectivity index is 2.09. The highest BCUT2D eigenvalue weighted by Gasteiger charge is 2.27. The van der Waals surface area contributed by atoms with E-state index in [9.17, 15) is 4.79 Å². The van der Waals surface area contributed by atoms with Crippen molar-refractivity contribution in [2.75, 3.05) is 6.54 Å². The molecule has 1 aliphatic carbocycles. The van der Waals surface area contributed by atoms with Gasteiger partial charge in [0.25, 0.3) is 0 Å². The van der Waals surface area contributed by atoms with Crippen molar-refractivity contribution in [1.82, 2.24) is 5.32 Å². The number of aliphatic hydroxyl groups excluding tert-OH is 1. The number of nitrogens with one attached hydrogen (secondary N) is 1. The van der Waals surface area contributed by atoms with Gasteiger partial charge in [0.05, 0.1) is 12.1 Å². The summed E-state index contributed by atoms with van der Waals surface area (Å²) >= 11 is 0. The fourth-order valence-corrected chi connectivity index (χ4v) is 1.43. The third kappa shape index (κ3) is 2.97. The Morgan fingerprint density at radius 2 is 2.31 bits per heavy atom. The van der Waals surface area contributed by atoms with Crippen LogP contribution in [0, 0.1) is 5.92 Å². The van der Waals surface area contributed by atoms with Crippen LogP contribution in [0.4, 0.5) is 0 Å². The summed E-state index contributed by atoms with van der Waals surface area (Å²) in [6.07, 6.45) is 2.13. The molecule has 0 radical (unpaired) electrons. The van der Waals surface area contributed by atoms with Gasteiger partial charge in [0.1, 0.15) is 0 Å². The smallest absolute Gasteiger partial charge is 0.236 e. The Hall–Kier alpha value is -0.610. The van der Waals surface area contributed by atoms with E-state index in [4.69, 9.17) is 10.8 Å². The van der Waals surface area contributed by atoms with E-state index < -0.39 is 0 Å². The molecule has 4 N–H and O–H groups in total. The van der Waals surface area contributed by atoms with Crippen LogP contribution in [0.5, 0.6) is 0 Å². The minimum absolute atomic E-state index is 0.0797. The highest BCUT2D eigenvalue weighted by atomic mass is 16.3. The molecule has 0 aromatic heterocycles. The summed E-state index contributed by atoms with van der Waals surface area (Å²) in [4.78, 5) is 11.2. The van der Waals surface area contributed by atoms with Crippen LogP contribution in [0.3, 0.4) is 0 Å². The number of rotatable bonds is 4. The van der Waals surface area contributed by atoms with Crippen molar-refractivity contribution in [2.24, 2.45) is 11.7 Å². The SMILES string of the molecule is CC[C@@H](N)C(=O)NCC1CC(O)C1. The minimum atomic E-state index is -0.384. The Bertz CT molecular complexity index is 178. The van der Waals surface area contributed by atoms with E-state index in [1.807, 2.05) is 6.92 Å². The molecule has 1 saturated carbocycles. The fourth-order valence-electron chi connectivity index (χ4n) is 1.43. The third-order valence-electron chi connectivity index (χ3n) is 2.55. The number of nitrogens with two attached hydrogens (primary N) is 1. The van der Waals surface area contributed by atoms with Crippen molar-refractivity contribution in [3.63, 3.8) is 0 Å². The summed E-state index contributed by atoms with van der Waals surface area (Å²) in [5.74, 6) is 0.367. The zero-order chi connectivity index (χ0) is 9.84. The minimum Gasteiger partial charge on any atom is -0.393 e. The number of carbonyl (C=O) groups is 1. The molecule has 0 saturated heterocycles. The predicted octanol–water partition coefficient (Wildman–Crippen LogP) is -0.389. The topological polar surface area (TPSA) is 75.4 Å². The summed E-state index contributed by atoms with van der Waals surface area (Å²) in [7, 11) is 0. The van der Waals surface area contributed by atoms with Gasteiger partial charge in [-0.15, -0.1) is 0 Å². The first kappa shape index (κ1) is 10.5. The van der Waals surface area contributed by atoms with Crippen molar-refractivity contribution in [3.8, 4) is 0 Å². The molecule has 0 aromatic carbocycles. The van der Waals surface area contributed by atoms with E-state index in [0.29, 0.717) is 18.9 Å². The maximum absolute atomic E-state index is 11.2. The van der Waals surface area contributed by atoms with Crippen molar-refractivity contribution >= 4 is 5.91 Å². The summed E-state index contributed by atoms with van der Waals surface area (Å²) in [5, 5.41) is 11.8. The van der Waals surface area contributed by atoms with Gasteiger partial charge in [-0.2, -0.15) is 0 Å². The second-order valence-corrected chi connectivity index (χ2v) is 3.75. The van der Waals surface area contributed by atoms with Crippen LogP contribution in [-0.4, -0.2) is 29.7 Å². The van der Waals surface area contributed by atoms with Crippen LogP contribution in [0.1, 0.15) is 26.2 Å². The van der Waals surface area contributed by atoms with Crippen molar-refractivity contribution in [2.45, 2.75) is 38.3 Å².